The van der Waals surface area contributed by atoms with Gasteiger partial charge in [0.25, 0.3) is 4.84 Å². The van der Waals surface area contributed by atoms with Gasteiger partial charge in [-0.05, 0) is 24.4 Å². The number of benzene rings is 1. The molecular formula is C9H7NO2S. The van der Waals surface area contributed by atoms with Crippen LogP contribution in [0.5, 0.6) is 5.88 Å². The van der Waals surface area contributed by atoms with Gasteiger partial charge < -0.3 is 9.52 Å². The third-order valence-electron chi connectivity index (χ3n) is 1.69. The molecular weight excluding hydrogens is 186 g/mol. The fourth-order valence-electron chi connectivity index (χ4n) is 1.12. The van der Waals surface area contributed by atoms with Crippen LogP contribution >= 0.6 is 12.2 Å². The van der Waals surface area contributed by atoms with Crippen molar-refractivity contribution in [1.29, 1.82) is 0 Å². The quantitative estimate of drug-likeness (QED) is 0.707. The highest BCUT2D eigenvalue weighted by Gasteiger charge is 2.04. The van der Waals surface area contributed by atoms with Crippen molar-refractivity contribution in [1.82, 2.24) is 4.57 Å². The molecule has 13 heavy (non-hydrogen) atoms. The number of hydrogen-bond acceptors (Lipinski definition) is 3. The molecule has 0 atom stereocenters. The number of aromatic nitrogens is 1. The molecule has 0 amide bonds. The van der Waals surface area contributed by atoms with Crippen LogP contribution in [0.25, 0.3) is 5.69 Å². The zero-order valence-corrected chi connectivity index (χ0v) is 7.49. The van der Waals surface area contributed by atoms with E-state index in [4.69, 9.17) is 16.6 Å². The molecule has 1 N–H and O–H groups in total. The lowest BCUT2D eigenvalue weighted by atomic mass is 10.3. The Balaban J connectivity index is 2.65. The Bertz CT molecular complexity index is 458. The molecule has 1 heterocycles. The van der Waals surface area contributed by atoms with Crippen LogP contribution in [0.4, 0.5) is 0 Å². The van der Waals surface area contributed by atoms with Crippen molar-refractivity contribution in [2.75, 3.05) is 0 Å². The van der Waals surface area contributed by atoms with Gasteiger partial charge in [0, 0.05) is 0 Å². The third kappa shape index (κ3) is 1.36. The zero-order valence-electron chi connectivity index (χ0n) is 6.68. The highest BCUT2D eigenvalue weighted by atomic mass is 32.1. The predicted molar refractivity (Wildman–Crippen MR) is 50.5 cm³/mol. The minimum atomic E-state index is 0.0104. The Labute approximate surface area is 79.9 Å². The third-order valence-corrected chi connectivity index (χ3v) is 1.97. The van der Waals surface area contributed by atoms with Gasteiger partial charge in [-0.3, -0.25) is 0 Å². The maximum Gasteiger partial charge on any atom is 0.276 e. The number of aromatic hydroxyl groups is 1. The second-order valence-corrected chi connectivity index (χ2v) is 2.88. The summed E-state index contributed by atoms with van der Waals surface area (Å²) in [6.07, 6.45) is 1.22. The highest BCUT2D eigenvalue weighted by Crippen LogP contribution is 2.18. The summed E-state index contributed by atoms with van der Waals surface area (Å²) < 4.78 is 6.33. The van der Waals surface area contributed by atoms with Crippen molar-refractivity contribution in [3.05, 3.63) is 41.4 Å². The van der Waals surface area contributed by atoms with E-state index in [1.165, 1.54) is 10.8 Å². The van der Waals surface area contributed by atoms with Gasteiger partial charge in [0.2, 0.25) is 5.88 Å². The van der Waals surface area contributed by atoms with E-state index < -0.39 is 0 Å². The maximum absolute atomic E-state index is 9.39. The molecule has 2 aromatic rings. The molecule has 2 rings (SSSR count). The van der Waals surface area contributed by atoms with Crippen molar-refractivity contribution < 1.29 is 9.52 Å². The summed E-state index contributed by atoms with van der Waals surface area (Å²) in [6, 6.07) is 9.30. The molecule has 0 aliphatic rings. The first-order valence-electron chi connectivity index (χ1n) is 3.74. The van der Waals surface area contributed by atoms with E-state index in [1.54, 1.807) is 0 Å². The molecule has 0 saturated carbocycles. The topological polar surface area (TPSA) is 38.3 Å². The fourth-order valence-corrected chi connectivity index (χ4v) is 1.36. The number of nitrogens with zero attached hydrogens (tertiary/aromatic N) is 1. The Morgan fingerprint density at radius 2 is 1.92 bits per heavy atom. The summed E-state index contributed by atoms with van der Waals surface area (Å²) in [5.74, 6) is 0.0104. The molecule has 1 aromatic heterocycles. The monoisotopic (exact) mass is 193 g/mol. The summed E-state index contributed by atoms with van der Waals surface area (Å²) in [7, 11) is 0. The van der Waals surface area contributed by atoms with Crippen molar-refractivity contribution in [2.24, 2.45) is 0 Å². The Hall–Kier alpha value is -1.55. The number of hydrogen-bond donors (Lipinski definition) is 1. The first-order valence-corrected chi connectivity index (χ1v) is 4.15. The normalized spacial score (nSPS) is 10.2. The standard InChI is InChI=1S/C9H7NO2S/c11-8-6-12-9(13)10(8)7-4-2-1-3-5-7/h1-6,11H. The lowest BCUT2D eigenvalue weighted by molar-refractivity contribution is 0.438. The molecule has 0 aliphatic heterocycles. The molecule has 0 aliphatic carbocycles. The Morgan fingerprint density at radius 3 is 2.46 bits per heavy atom. The molecule has 4 heteroatoms. The van der Waals surface area contributed by atoms with Crippen LogP contribution < -0.4 is 0 Å². The highest BCUT2D eigenvalue weighted by molar-refractivity contribution is 7.71. The van der Waals surface area contributed by atoms with Crippen LogP contribution in [0.3, 0.4) is 0 Å². The van der Waals surface area contributed by atoms with Gasteiger partial charge in [-0.1, -0.05) is 18.2 Å². The zero-order chi connectivity index (χ0) is 9.26. The van der Waals surface area contributed by atoms with Crippen LogP contribution in [0.1, 0.15) is 0 Å². The predicted octanol–water partition coefficient (Wildman–Crippen LogP) is 2.51. The molecule has 66 valence electrons. The first-order chi connectivity index (χ1) is 6.29. The summed E-state index contributed by atoms with van der Waals surface area (Å²) in [5, 5.41) is 9.39. The Morgan fingerprint density at radius 1 is 1.23 bits per heavy atom. The molecule has 0 saturated heterocycles. The van der Waals surface area contributed by atoms with Gasteiger partial charge in [0.1, 0.15) is 0 Å². The molecule has 0 spiro atoms. The minimum Gasteiger partial charge on any atom is -0.492 e. The number of para-hydroxylation sites is 1. The van der Waals surface area contributed by atoms with Gasteiger partial charge in [-0.2, -0.15) is 0 Å². The lowest BCUT2D eigenvalue weighted by Crippen LogP contribution is -1.91. The smallest absolute Gasteiger partial charge is 0.276 e. The summed E-state index contributed by atoms with van der Waals surface area (Å²) >= 11 is 4.89. The van der Waals surface area contributed by atoms with E-state index in [0.717, 1.165) is 5.69 Å². The van der Waals surface area contributed by atoms with E-state index in [9.17, 15) is 5.11 Å². The van der Waals surface area contributed by atoms with Gasteiger partial charge in [-0.25, -0.2) is 4.57 Å². The first kappa shape index (κ1) is 8.07. The van der Waals surface area contributed by atoms with Crippen molar-refractivity contribution in [2.45, 2.75) is 0 Å². The maximum atomic E-state index is 9.39. The van der Waals surface area contributed by atoms with Crippen molar-refractivity contribution in [3.63, 3.8) is 0 Å². The average molecular weight is 193 g/mol. The second kappa shape index (κ2) is 3.06. The number of rotatable bonds is 1. The fraction of sp³-hybridized carbons (Fsp3) is 0. The van der Waals surface area contributed by atoms with Gasteiger partial charge in [-0.15, -0.1) is 0 Å². The van der Waals surface area contributed by atoms with E-state index in [0.29, 0.717) is 0 Å². The van der Waals surface area contributed by atoms with Crippen LogP contribution in [-0.2, 0) is 0 Å². The molecule has 0 fully saturated rings. The summed E-state index contributed by atoms with van der Waals surface area (Å²) in [6.45, 7) is 0. The Kier molecular flexibility index (Phi) is 1.90. The van der Waals surface area contributed by atoms with Gasteiger partial charge in [0.05, 0.1) is 5.69 Å². The van der Waals surface area contributed by atoms with Gasteiger partial charge >= 0.3 is 0 Å². The van der Waals surface area contributed by atoms with E-state index in [2.05, 4.69) is 0 Å². The molecule has 1 aromatic carbocycles. The van der Waals surface area contributed by atoms with Crippen LogP contribution in [0.2, 0.25) is 0 Å². The molecule has 3 nitrogen and oxygen atoms in total. The SMILES string of the molecule is Oc1coc(=S)n1-c1ccccc1. The lowest BCUT2D eigenvalue weighted by Gasteiger charge is -2.00. The average Bonchev–Trinajstić information content (AvgIpc) is 2.48. The molecule has 0 unspecified atom stereocenters. The summed E-state index contributed by atoms with van der Waals surface area (Å²) in [5.41, 5.74) is 0.791. The van der Waals surface area contributed by atoms with Crippen molar-refractivity contribution >= 4 is 12.2 Å². The molecule has 0 bridgehead atoms. The van der Waals surface area contributed by atoms with Gasteiger partial charge in [0.15, 0.2) is 6.26 Å². The van der Waals surface area contributed by atoms with E-state index >= 15 is 0 Å². The second-order valence-electron chi connectivity index (χ2n) is 2.53. The number of oxazole rings is 1. The summed E-state index contributed by atoms with van der Waals surface area (Å²) in [4.78, 5) is 0.240. The van der Waals surface area contributed by atoms with Crippen molar-refractivity contribution in [3.8, 4) is 11.6 Å². The van der Waals surface area contributed by atoms with Crippen LogP contribution in [0.15, 0.2) is 41.0 Å². The largest absolute Gasteiger partial charge is 0.492 e. The van der Waals surface area contributed by atoms with Crippen LogP contribution in [0, 0.1) is 4.84 Å². The van der Waals surface area contributed by atoms with Crippen LogP contribution in [-0.4, -0.2) is 9.67 Å². The molecule has 0 radical (unpaired) electrons. The minimum absolute atomic E-state index is 0.0104. The van der Waals surface area contributed by atoms with E-state index in [-0.39, 0.29) is 10.7 Å². The van der Waals surface area contributed by atoms with E-state index in [1.807, 2.05) is 30.3 Å².